The normalized spacial score (nSPS) is 11.3. The first-order chi connectivity index (χ1) is 11.0. The summed E-state index contributed by atoms with van der Waals surface area (Å²) in [6.45, 7) is 0. The van der Waals surface area contributed by atoms with Crippen molar-refractivity contribution in [2.75, 3.05) is 0 Å². The maximum absolute atomic E-state index is 12.1. The van der Waals surface area contributed by atoms with Crippen LogP contribution in [0.25, 0.3) is 0 Å². The van der Waals surface area contributed by atoms with Gasteiger partial charge < -0.3 is 9.52 Å². The van der Waals surface area contributed by atoms with Gasteiger partial charge in [-0.2, -0.15) is 13.9 Å². The molecule has 2 N–H and O–H groups in total. The van der Waals surface area contributed by atoms with Gasteiger partial charge in [-0.1, -0.05) is 23.4 Å². The van der Waals surface area contributed by atoms with E-state index in [-0.39, 0.29) is 17.1 Å². The molecular formula is C14H11ClF2N2O3S. The van der Waals surface area contributed by atoms with Crippen LogP contribution in [-0.4, -0.2) is 23.0 Å². The molecule has 0 atom stereocenters. The number of rotatable bonds is 6. The zero-order chi connectivity index (χ0) is 16.8. The molecule has 1 heterocycles. The maximum atomic E-state index is 12.1. The molecule has 2 aromatic rings. The molecule has 0 aliphatic carbocycles. The number of thioether (sulfide) groups is 1. The molecule has 9 heteroatoms. The van der Waals surface area contributed by atoms with Gasteiger partial charge in [0.25, 0.3) is 11.7 Å². The van der Waals surface area contributed by atoms with Crippen molar-refractivity contribution in [1.29, 1.82) is 0 Å². The molecule has 5 nitrogen and oxygen atoms in total. The molecular weight excluding hydrogens is 350 g/mol. The fourth-order valence-electron chi connectivity index (χ4n) is 1.59. The lowest BCUT2D eigenvalue weighted by molar-refractivity contribution is 0.0952. The summed E-state index contributed by atoms with van der Waals surface area (Å²) >= 11 is 6.19. The van der Waals surface area contributed by atoms with E-state index < -0.39 is 11.7 Å². The van der Waals surface area contributed by atoms with Crippen LogP contribution in [-0.2, 0) is 5.75 Å². The quantitative estimate of drug-likeness (QED) is 0.606. The summed E-state index contributed by atoms with van der Waals surface area (Å²) in [4.78, 5) is 11.8. The highest BCUT2D eigenvalue weighted by Gasteiger charge is 2.11. The Kier molecular flexibility index (Phi) is 6.00. The average Bonchev–Trinajstić information content (AvgIpc) is 2.95. The zero-order valence-corrected chi connectivity index (χ0v) is 13.1. The van der Waals surface area contributed by atoms with Crippen molar-refractivity contribution < 1.29 is 23.1 Å². The summed E-state index contributed by atoms with van der Waals surface area (Å²) in [5, 5.41) is 13.5. The van der Waals surface area contributed by atoms with Crippen LogP contribution in [0.1, 0.15) is 21.9 Å². The van der Waals surface area contributed by atoms with Gasteiger partial charge in [-0.15, -0.1) is 0 Å². The SMILES string of the molecule is O=C(N/N=C\c1ccc(CSC(F)F)o1)c1cc(Cl)ccc1O. The number of nitrogens with one attached hydrogen (secondary N) is 1. The number of hydrogen-bond donors (Lipinski definition) is 2. The second-order valence-corrected chi connectivity index (χ2v) is 5.65. The lowest BCUT2D eigenvalue weighted by atomic mass is 10.2. The van der Waals surface area contributed by atoms with Gasteiger partial charge in [0, 0.05) is 5.02 Å². The van der Waals surface area contributed by atoms with Gasteiger partial charge in [0.2, 0.25) is 0 Å². The summed E-state index contributed by atoms with van der Waals surface area (Å²) < 4.78 is 29.4. The Morgan fingerprint density at radius 1 is 1.43 bits per heavy atom. The first-order valence-corrected chi connectivity index (χ1v) is 7.69. The second-order valence-electron chi connectivity index (χ2n) is 4.24. The van der Waals surface area contributed by atoms with E-state index in [2.05, 4.69) is 10.5 Å². The Morgan fingerprint density at radius 2 is 2.22 bits per heavy atom. The van der Waals surface area contributed by atoms with Gasteiger partial charge in [-0.3, -0.25) is 4.79 Å². The predicted molar refractivity (Wildman–Crippen MR) is 84.2 cm³/mol. The molecule has 2 rings (SSSR count). The highest BCUT2D eigenvalue weighted by Crippen LogP contribution is 2.22. The van der Waals surface area contributed by atoms with Crippen molar-refractivity contribution in [3.8, 4) is 5.75 Å². The molecule has 0 saturated carbocycles. The average molecular weight is 361 g/mol. The minimum absolute atomic E-state index is 0.0249. The number of nitrogens with zero attached hydrogens (tertiary/aromatic N) is 1. The smallest absolute Gasteiger partial charge is 0.284 e. The molecule has 23 heavy (non-hydrogen) atoms. The van der Waals surface area contributed by atoms with E-state index in [9.17, 15) is 18.7 Å². The van der Waals surface area contributed by atoms with Crippen molar-refractivity contribution in [2.45, 2.75) is 11.5 Å². The van der Waals surface area contributed by atoms with E-state index >= 15 is 0 Å². The van der Waals surface area contributed by atoms with E-state index in [4.69, 9.17) is 16.0 Å². The van der Waals surface area contributed by atoms with E-state index in [1.54, 1.807) is 6.07 Å². The number of phenolic OH excluding ortho intramolecular Hbond substituents is 1. The Hall–Kier alpha value is -2.06. The Bertz CT molecular complexity index is 722. The van der Waals surface area contributed by atoms with Crippen LogP contribution in [0.4, 0.5) is 8.78 Å². The standard InChI is InChI=1S/C14H11ClF2N2O3S/c15-8-1-4-12(20)11(5-8)13(21)19-18-6-9-2-3-10(22-9)7-23-14(16)17/h1-6,14,20H,7H2,(H,19,21)/b18-6-. The number of phenols is 1. The van der Waals surface area contributed by atoms with E-state index in [0.717, 1.165) is 0 Å². The number of carbonyl (C=O) groups excluding carboxylic acids is 1. The van der Waals surface area contributed by atoms with Crippen LogP contribution in [0.15, 0.2) is 39.9 Å². The number of amides is 1. The maximum Gasteiger partial charge on any atom is 0.284 e. The predicted octanol–water partition coefficient (Wildman–Crippen LogP) is 3.86. The molecule has 0 spiro atoms. The zero-order valence-electron chi connectivity index (χ0n) is 11.5. The number of benzene rings is 1. The lowest BCUT2D eigenvalue weighted by Gasteiger charge is -2.02. The van der Waals surface area contributed by atoms with Crippen LogP contribution < -0.4 is 5.43 Å². The fraction of sp³-hybridized carbons (Fsp3) is 0.143. The number of furan rings is 1. The number of halogens is 3. The third kappa shape index (κ3) is 5.26. The number of alkyl halides is 2. The third-order valence-electron chi connectivity index (χ3n) is 2.60. The molecule has 0 aliphatic heterocycles. The number of carbonyl (C=O) groups is 1. The van der Waals surface area contributed by atoms with Gasteiger partial charge >= 0.3 is 0 Å². The van der Waals surface area contributed by atoms with Gasteiger partial charge in [0.1, 0.15) is 17.3 Å². The Labute approximate surface area is 139 Å². The molecule has 122 valence electrons. The number of hydrogen-bond acceptors (Lipinski definition) is 5. The number of hydrazone groups is 1. The summed E-state index contributed by atoms with van der Waals surface area (Å²) in [6.07, 6.45) is 1.22. The van der Waals surface area contributed by atoms with E-state index in [1.807, 2.05) is 0 Å². The Balaban J connectivity index is 1.93. The first-order valence-electron chi connectivity index (χ1n) is 6.26. The van der Waals surface area contributed by atoms with Gasteiger partial charge in [-0.25, -0.2) is 5.43 Å². The molecule has 0 unspecified atom stereocenters. The minimum atomic E-state index is -2.47. The van der Waals surface area contributed by atoms with Crippen molar-refractivity contribution in [1.82, 2.24) is 5.43 Å². The van der Waals surface area contributed by atoms with Crippen LogP contribution in [0.2, 0.25) is 5.02 Å². The molecule has 0 aliphatic rings. The molecule has 0 radical (unpaired) electrons. The molecule has 0 fully saturated rings. The van der Waals surface area contributed by atoms with Gasteiger partial charge in [-0.05, 0) is 30.3 Å². The highest BCUT2D eigenvalue weighted by atomic mass is 35.5. The summed E-state index contributed by atoms with van der Waals surface area (Å²) in [7, 11) is 0. The van der Waals surface area contributed by atoms with Crippen molar-refractivity contribution in [3.05, 3.63) is 52.4 Å². The minimum Gasteiger partial charge on any atom is -0.507 e. The monoisotopic (exact) mass is 360 g/mol. The van der Waals surface area contributed by atoms with Gasteiger partial charge in [0.15, 0.2) is 0 Å². The Morgan fingerprint density at radius 3 is 2.96 bits per heavy atom. The van der Waals surface area contributed by atoms with Gasteiger partial charge in [0.05, 0.1) is 17.5 Å². The first kappa shape index (κ1) is 17.3. The molecule has 1 aromatic carbocycles. The summed E-state index contributed by atoms with van der Waals surface area (Å²) in [6, 6.07) is 7.11. The van der Waals surface area contributed by atoms with Crippen LogP contribution in [0.3, 0.4) is 0 Å². The van der Waals surface area contributed by atoms with E-state index in [0.29, 0.717) is 28.3 Å². The lowest BCUT2D eigenvalue weighted by Crippen LogP contribution is -2.17. The topological polar surface area (TPSA) is 74.8 Å². The third-order valence-corrected chi connectivity index (χ3v) is 3.53. The largest absolute Gasteiger partial charge is 0.507 e. The second kappa shape index (κ2) is 7.98. The fourth-order valence-corrected chi connectivity index (χ4v) is 2.21. The summed E-state index contributed by atoms with van der Waals surface area (Å²) in [5.74, 6) is -2.65. The highest BCUT2D eigenvalue weighted by molar-refractivity contribution is 7.98. The molecule has 1 aromatic heterocycles. The van der Waals surface area contributed by atoms with E-state index in [1.165, 1.54) is 30.5 Å². The van der Waals surface area contributed by atoms with Crippen LogP contribution >= 0.6 is 23.4 Å². The van der Waals surface area contributed by atoms with Crippen LogP contribution in [0, 0.1) is 0 Å². The van der Waals surface area contributed by atoms with Crippen LogP contribution in [0.5, 0.6) is 5.75 Å². The molecule has 0 bridgehead atoms. The van der Waals surface area contributed by atoms with Crippen molar-refractivity contribution in [3.63, 3.8) is 0 Å². The molecule has 1 amide bonds. The molecule has 0 saturated heterocycles. The van der Waals surface area contributed by atoms with Crippen molar-refractivity contribution >= 4 is 35.5 Å². The van der Waals surface area contributed by atoms with Crippen molar-refractivity contribution in [2.24, 2.45) is 5.10 Å². The number of aromatic hydroxyl groups is 1. The summed E-state index contributed by atoms with van der Waals surface area (Å²) in [5.41, 5.74) is 2.18.